The second-order valence-electron chi connectivity index (χ2n) is 5.65. The Balaban J connectivity index is 2.64. The van der Waals surface area contributed by atoms with Gasteiger partial charge < -0.3 is 4.74 Å². The lowest BCUT2D eigenvalue weighted by atomic mass is 10.1. The van der Waals surface area contributed by atoms with E-state index in [0.717, 1.165) is 19.2 Å². The van der Waals surface area contributed by atoms with Crippen LogP contribution in [0, 0.1) is 22.7 Å². The van der Waals surface area contributed by atoms with Gasteiger partial charge in [0.25, 0.3) is 0 Å². The Kier molecular flexibility index (Phi) is 6.50. The summed E-state index contributed by atoms with van der Waals surface area (Å²) in [7, 11) is 0.857. The van der Waals surface area contributed by atoms with Crippen molar-refractivity contribution in [1.82, 2.24) is 0 Å². The lowest BCUT2D eigenvalue weighted by Gasteiger charge is -2.17. The molecule has 0 aliphatic rings. The first kappa shape index (κ1) is 23.2. The molecule has 0 atom stereocenters. The summed E-state index contributed by atoms with van der Waals surface area (Å²) in [6.07, 6.45) is -11.0. The number of amides is 1. The highest BCUT2D eigenvalue weighted by atomic mass is 19.4. The molecule has 2 aromatic carbocycles. The second kappa shape index (κ2) is 8.71. The number of ether oxygens (including phenoxy) is 1. The van der Waals surface area contributed by atoms with Crippen molar-refractivity contribution in [3.05, 3.63) is 58.7 Å². The molecule has 0 spiro atoms. The molecule has 13 heteroatoms. The third-order valence-corrected chi connectivity index (χ3v) is 3.71. The molecule has 0 fully saturated rings. The molecule has 7 nitrogen and oxygen atoms in total. The maximum absolute atomic E-state index is 13.0. The number of rotatable bonds is 3. The first-order valence-electron chi connectivity index (χ1n) is 7.94. The fourth-order valence-corrected chi connectivity index (χ4v) is 2.23. The Bertz CT molecular complexity index is 1110. The number of hydrogen-bond acceptors (Lipinski definition) is 6. The van der Waals surface area contributed by atoms with Crippen molar-refractivity contribution in [2.45, 2.75) is 12.4 Å². The molecule has 160 valence electrons. The van der Waals surface area contributed by atoms with Crippen LogP contribution < -0.4 is 5.01 Å². The van der Waals surface area contributed by atoms with Crippen LogP contribution >= 0.6 is 0 Å². The lowest BCUT2D eigenvalue weighted by Crippen LogP contribution is -2.26. The number of nitrogens with zero attached hydrogens (tertiary/aromatic N) is 5. The molecule has 0 unspecified atom stereocenters. The van der Waals surface area contributed by atoms with Gasteiger partial charge in [-0.1, -0.05) is 5.22 Å². The van der Waals surface area contributed by atoms with E-state index in [4.69, 9.17) is 10.5 Å². The summed E-state index contributed by atoms with van der Waals surface area (Å²) >= 11 is 0. The fourth-order valence-electron chi connectivity index (χ4n) is 2.23. The zero-order valence-electron chi connectivity index (χ0n) is 15.3. The number of carbonyl (C=O) groups is 1. The minimum Gasteiger partial charge on any atom is -0.451 e. The van der Waals surface area contributed by atoms with Crippen molar-refractivity contribution in [3.8, 4) is 12.1 Å². The summed E-state index contributed by atoms with van der Waals surface area (Å²) in [5.74, 6) is 0. The monoisotopic (exact) mass is 441 g/mol. The Labute approximate surface area is 170 Å². The molecule has 0 saturated heterocycles. The number of halogens is 6. The maximum Gasteiger partial charge on any atom is 0.436 e. The highest BCUT2D eigenvalue weighted by Crippen LogP contribution is 2.35. The average molecular weight is 441 g/mol. The second-order valence-corrected chi connectivity index (χ2v) is 5.65. The van der Waals surface area contributed by atoms with Crippen LogP contribution in [0.4, 0.5) is 42.5 Å². The highest BCUT2D eigenvalue weighted by Gasteiger charge is 2.33. The van der Waals surface area contributed by atoms with Crippen LogP contribution in [-0.4, -0.2) is 13.2 Å². The molecular formula is C18H9F6N5O2. The molecule has 0 radical (unpaired) electrons. The van der Waals surface area contributed by atoms with Crippen LogP contribution in [0.3, 0.4) is 0 Å². The van der Waals surface area contributed by atoms with E-state index in [9.17, 15) is 31.1 Å². The zero-order valence-corrected chi connectivity index (χ0v) is 15.3. The quantitative estimate of drug-likeness (QED) is 0.344. The Morgan fingerprint density at radius 3 is 1.94 bits per heavy atom. The van der Waals surface area contributed by atoms with Gasteiger partial charge in [0, 0.05) is 0 Å². The number of benzene rings is 2. The summed E-state index contributed by atoms with van der Waals surface area (Å²) < 4.78 is 82.3. The molecule has 0 heterocycles. The summed E-state index contributed by atoms with van der Waals surface area (Å²) in [5, 5.41) is 25.1. The molecule has 0 N–H and O–H groups in total. The van der Waals surface area contributed by atoms with E-state index in [-0.39, 0.29) is 10.6 Å². The number of nitriles is 2. The van der Waals surface area contributed by atoms with Crippen LogP contribution in [-0.2, 0) is 17.1 Å². The number of alkyl halides is 6. The van der Waals surface area contributed by atoms with Gasteiger partial charge >= 0.3 is 18.4 Å². The average Bonchev–Trinajstić information content (AvgIpc) is 2.71. The van der Waals surface area contributed by atoms with Gasteiger partial charge in [-0.25, -0.2) is 4.79 Å². The maximum atomic E-state index is 13.0. The molecule has 1 amide bonds. The molecule has 0 aliphatic carbocycles. The first-order valence-corrected chi connectivity index (χ1v) is 7.94. The first-order chi connectivity index (χ1) is 14.4. The van der Waals surface area contributed by atoms with E-state index < -0.39 is 46.5 Å². The van der Waals surface area contributed by atoms with Gasteiger partial charge in [-0.05, 0) is 36.4 Å². The molecule has 31 heavy (non-hydrogen) atoms. The third kappa shape index (κ3) is 5.27. The topological polar surface area (TPSA) is 102 Å². The van der Waals surface area contributed by atoms with E-state index in [1.165, 1.54) is 0 Å². The van der Waals surface area contributed by atoms with Crippen molar-refractivity contribution in [3.63, 3.8) is 0 Å². The summed E-state index contributed by atoms with van der Waals surface area (Å²) in [6, 6.07) is 6.83. The molecule has 0 aromatic heterocycles. The standard InChI is InChI=1S/C18H9F6N5O2/c1-31-16(30)29(15-7-13(18(22,23)24)5-3-11(15)9-26)28-27-14-6-12(17(19,20)21)4-2-10(14)8-25/h2-7H,1H3/b28-27+. The Morgan fingerprint density at radius 2 is 1.45 bits per heavy atom. The van der Waals surface area contributed by atoms with Gasteiger partial charge in [0.1, 0.15) is 17.8 Å². The van der Waals surface area contributed by atoms with E-state index in [0.29, 0.717) is 24.3 Å². The largest absolute Gasteiger partial charge is 0.451 e. The van der Waals surface area contributed by atoms with Gasteiger partial charge in [-0.3, -0.25) is 0 Å². The third-order valence-electron chi connectivity index (χ3n) is 3.71. The van der Waals surface area contributed by atoms with Crippen LogP contribution in [0.15, 0.2) is 46.7 Å². The SMILES string of the molecule is COC(=O)N(/N=N/c1cc(C(F)(F)F)ccc1C#N)c1cc(C(F)(F)F)ccc1C#N. The summed E-state index contributed by atoms with van der Waals surface area (Å²) in [4.78, 5) is 12.1. The van der Waals surface area contributed by atoms with Gasteiger partial charge in [0.15, 0.2) is 0 Å². The van der Waals surface area contributed by atoms with Crippen molar-refractivity contribution in [1.29, 1.82) is 10.5 Å². The number of methoxy groups -OCH3 is 1. The molecule has 0 aliphatic heterocycles. The van der Waals surface area contributed by atoms with Crippen molar-refractivity contribution in [2.24, 2.45) is 10.3 Å². The number of hydrogen-bond donors (Lipinski definition) is 0. The summed E-state index contributed by atoms with van der Waals surface area (Å²) in [6.45, 7) is 0. The van der Waals surface area contributed by atoms with Crippen LogP contribution in [0.2, 0.25) is 0 Å². The predicted octanol–water partition coefficient (Wildman–Crippen LogP) is 5.74. The molecule has 0 saturated carbocycles. The number of carbonyl (C=O) groups excluding carboxylic acids is 1. The number of anilines is 1. The Hall–Kier alpha value is -4.13. The predicted molar refractivity (Wildman–Crippen MR) is 91.7 cm³/mol. The zero-order chi connectivity index (χ0) is 23.4. The van der Waals surface area contributed by atoms with Crippen LogP contribution in [0.1, 0.15) is 22.3 Å². The highest BCUT2D eigenvalue weighted by molar-refractivity contribution is 5.88. The van der Waals surface area contributed by atoms with Gasteiger partial charge in [-0.15, -0.1) is 10.1 Å². The molecule has 0 bridgehead atoms. The van der Waals surface area contributed by atoms with Crippen molar-refractivity contribution >= 4 is 17.5 Å². The Morgan fingerprint density at radius 1 is 0.935 bits per heavy atom. The van der Waals surface area contributed by atoms with E-state index in [2.05, 4.69) is 15.1 Å². The molecule has 2 aromatic rings. The van der Waals surface area contributed by atoms with E-state index in [1.807, 2.05) is 0 Å². The van der Waals surface area contributed by atoms with Gasteiger partial charge in [0.2, 0.25) is 0 Å². The van der Waals surface area contributed by atoms with Crippen molar-refractivity contribution < 1.29 is 35.9 Å². The lowest BCUT2D eigenvalue weighted by molar-refractivity contribution is -0.138. The van der Waals surface area contributed by atoms with E-state index in [1.54, 1.807) is 12.1 Å². The van der Waals surface area contributed by atoms with Crippen LogP contribution in [0.25, 0.3) is 0 Å². The minimum absolute atomic E-state index is 0.162. The molecule has 2 rings (SSSR count). The van der Waals surface area contributed by atoms with E-state index >= 15 is 0 Å². The molecular weight excluding hydrogens is 432 g/mol. The van der Waals surface area contributed by atoms with Gasteiger partial charge in [-0.2, -0.15) is 36.9 Å². The minimum atomic E-state index is -4.84. The van der Waals surface area contributed by atoms with Crippen LogP contribution in [0.5, 0.6) is 0 Å². The fraction of sp³-hybridized carbons (Fsp3) is 0.167. The van der Waals surface area contributed by atoms with Crippen molar-refractivity contribution in [2.75, 3.05) is 12.1 Å². The summed E-state index contributed by atoms with van der Waals surface area (Å²) in [5.41, 5.74) is -4.49. The van der Waals surface area contributed by atoms with Gasteiger partial charge in [0.05, 0.1) is 35.1 Å². The smallest absolute Gasteiger partial charge is 0.436 e. The normalized spacial score (nSPS) is 11.6.